The molecule has 0 saturated heterocycles. The lowest BCUT2D eigenvalue weighted by atomic mass is 10.00. The van der Waals surface area contributed by atoms with Crippen molar-refractivity contribution >= 4 is 39.8 Å². The summed E-state index contributed by atoms with van der Waals surface area (Å²) in [5.41, 5.74) is 0.141. The van der Waals surface area contributed by atoms with Gasteiger partial charge in [-0.3, -0.25) is 4.79 Å². The van der Waals surface area contributed by atoms with Gasteiger partial charge in [-0.2, -0.15) is 0 Å². The molecule has 3 nitrogen and oxygen atoms in total. The van der Waals surface area contributed by atoms with E-state index in [0.29, 0.717) is 12.0 Å². The van der Waals surface area contributed by atoms with Gasteiger partial charge in [-0.05, 0) is 42.0 Å². The highest BCUT2D eigenvalue weighted by molar-refractivity contribution is 14.1. The second-order valence-corrected chi connectivity index (χ2v) is 6.47. The average Bonchev–Trinajstić information content (AvgIpc) is 2.65. The van der Waals surface area contributed by atoms with Crippen LogP contribution in [0.25, 0.3) is 0 Å². The number of aliphatic hydroxyl groups is 1. The van der Waals surface area contributed by atoms with Gasteiger partial charge in [0, 0.05) is 5.38 Å². The van der Waals surface area contributed by atoms with Gasteiger partial charge in [-0.1, -0.05) is 6.92 Å². The normalized spacial score (nSPS) is 14.7. The van der Waals surface area contributed by atoms with Crippen LogP contribution in [0, 0.1) is 2.88 Å². The van der Waals surface area contributed by atoms with Crippen LogP contribution >= 0.6 is 33.9 Å². The standard InChI is InChI=1S/C10H14INO2S/c1-3-10(2,6-13)12-9(14)7-4-8(11)15-5-7/h4-5,13H,3,6H2,1-2H3,(H,12,14). The van der Waals surface area contributed by atoms with Gasteiger partial charge < -0.3 is 10.4 Å². The maximum atomic E-state index is 11.8. The van der Waals surface area contributed by atoms with Crippen LogP contribution in [0.4, 0.5) is 0 Å². The van der Waals surface area contributed by atoms with Crippen LogP contribution in [-0.2, 0) is 0 Å². The summed E-state index contributed by atoms with van der Waals surface area (Å²) in [7, 11) is 0. The van der Waals surface area contributed by atoms with Gasteiger partial charge in [-0.15, -0.1) is 11.3 Å². The molecule has 0 saturated carbocycles. The van der Waals surface area contributed by atoms with Crippen molar-refractivity contribution in [3.05, 3.63) is 19.9 Å². The first-order chi connectivity index (χ1) is 7.00. The molecule has 0 bridgehead atoms. The zero-order chi connectivity index (χ0) is 11.5. The molecular weight excluding hydrogens is 325 g/mol. The second-order valence-electron chi connectivity index (χ2n) is 3.67. The maximum Gasteiger partial charge on any atom is 0.252 e. The van der Waals surface area contributed by atoms with Crippen molar-refractivity contribution in [1.29, 1.82) is 0 Å². The van der Waals surface area contributed by atoms with Gasteiger partial charge in [0.05, 0.1) is 20.6 Å². The molecule has 1 aromatic heterocycles. The molecule has 0 fully saturated rings. The van der Waals surface area contributed by atoms with Crippen LogP contribution in [0.2, 0.25) is 0 Å². The van der Waals surface area contributed by atoms with E-state index >= 15 is 0 Å². The molecule has 5 heteroatoms. The van der Waals surface area contributed by atoms with Gasteiger partial charge in [0.25, 0.3) is 5.91 Å². The van der Waals surface area contributed by atoms with E-state index < -0.39 is 5.54 Å². The number of amides is 1. The molecule has 1 amide bonds. The second kappa shape index (κ2) is 5.27. The minimum atomic E-state index is -0.523. The van der Waals surface area contributed by atoms with E-state index in [0.717, 1.165) is 2.88 Å². The first-order valence-electron chi connectivity index (χ1n) is 4.68. The molecule has 1 heterocycles. The fourth-order valence-corrected chi connectivity index (χ4v) is 2.34. The van der Waals surface area contributed by atoms with E-state index in [-0.39, 0.29) is 12.5 Å². The molecule has 1 aromatic rings. The Bertz CT molecular complexity index is 347. The SMILES string of the molecule is CCC(C)(CO)NC(=O)c1csc(I)c1. The topological polar surface area (TPSA) is 49.3 Å². The fraction of sp³-hybridized carbons (Fsp3) is 0.500. The van der Waals surface area contributed by atoms with Crippen molar-refractivity contribution in [3.63, 3.8) is 0 Å². The fourth-order valence-electron chi connectivity index (χ4n) is 1.02. The lowest BCUT2D eigenvalue weighted by molar-refractivity contribution is 0.0848. The first kappa shape index (κ1) is 12.9. The zero-order valence-corrected chi connectivity index (χ0v) is 11.7. The maximum absolute atomic E-state index is 11.8. The molecule has 84 valence electrons. The van der Waals surface area contributed by atoms with Crippen molar-refractivity contribution in [2.45, 2.75) is 25.8 Å². The molecular formula is C10H14INO2S. The smallest absolute Gasteiger partial charge is 0.252 e. The summed E-state index contributed by atoms with van der Waals surface area (Å²) in [5.74, 6) is -0.118. The molecule has 0 spiro atoms. The monoisotopic (exact) mass is 339 g/mol. The summed E-state index contributed by atoms with van der Waals surface area (Å²) in [6.45, 7) is 3.73. The van der Waals surface area contributed by atoms with Gasteiger partial charge >= 0.3 is 0 Å². The van der Waals surface area contributed by atoms with Crippen LogP contribution < -0.4 is 5.32 Å². The lowest BCUT2D eigenvalue weighted by Gasteiger charge is -2.26. The summed E-state index contributed by atoms with van der Waals surface area (Å²) in [6.07, 6.45) is 0.705. The first-order valence-corrected chi connectivity index (χ1v) is 6.64. The Morgan fingerprint density at radius 1 is 1.73 bits per heavy atom. The molecule has 0 aliphatic rings. The van der Waals surface area contributed by atoms with Gasteiger partial charge in [0.1, 0.15) is 0 Å². The zero-order valence-electron chi connectivity index (χ0n) is 8.71. The van der Waals surface area contributed by atoms with Gasteiger partial charge in [-0.25, -0.2) is 0 Å². The Morgan fingerprint density at radius 2 is 2.40 bits per heavy atom. The molecule has 0 aliphatic carbocycles. The third-order valence-electron chi connectivity index (χ3n) is 2.37. The third-order valence-corrected chi connectivity index (χ3v) is 4.16. The Kier molecular flexibility index (Phi) is 4.54. The highest BCUT2D eigenvalue weighted by atomic mass is 127. The molecule has 1 unspecified atom stereocenters. The third kappa shape index (κ3) is 3.42. The predicted molar refractivity (Wildman–Crippen MR) is 70.3 cm³/mol. The molecule has 0 radical (unpaired) electrons. The highest BCUT2D eigenvalue weighted by Crippen LogP contribution is 2.17. The van der Waals surface area contributed by atoms with Crippen molar-refractivity contribution in [3.8, 4) is 0 Å². The van der Waals surface area contributed by atoms with Gasteiger partial charge in [0.2, 0.25) is 0 Å². The number of nitrogens with one attached hydrogen (secondary N) is 1. The highest BCUT2D eigenvalue weighted by Gasteiger charge is 2.24. The summed E-state index contributed by atoms with van der Waals surface area (Å²) in [5, 5.41) is 13.8. The van der Waals surface area contributed by atoms with E-state index in [1.165, 1.54) is 11.3 Å². The van der Waals surface area contributed by atoms with E-state index in [2.05, 4.69) is 27.9 Å². The summed E-state index contributed by atoms with van der Waals surface area (Å²) >= 11 is 3.72. The van der Waals surface area contributed by atoms with E-state index in [1.54, 1.807) is 0 Å². The van der Waals surface area contributed by atoms with Gasteiger partial charge in [0.15, 0.2) is 0 Å². The van der Waals surface area contributed by atoms with Crippen LogP contribution in [0.1, 0.15) is 30.6 Å². The van der Waals surface area contributed by atoms with Crippen LogP contribution in [0.3, 0.4) is 0 Å². The van der Waals surface area contributed by atoms with Crippen molar-refractivity contribution in [2.24, 2.45) is 0 Å². The Hall–Kier alpha value is -0.140. The number of aliphatic hydroxyl groups excluding tert-OH is 1. The molecule has 1 rings (SSSR count). The number of hydrogen-bond acceptors (Lipinski definition) is 3. The van der Waals surface area contributed by atoms with Crippen molar-refractivity contribution in [2.75, 3.05) is 6.61 Å². The van der Waals surface area contributed by atoms with Crippen molar-refractivity contribution in [1.82, 2.24) is 5.32 Å². The van der Waals surface area contributed by atoms with Crippen LogP contribution in [0.5, 0.6) is 0 Å². The largest absolute Gasteiger partial charge is 0.394 e. The summed E-state index contributed by atoms with van der Waals surface area (Å²) in [6, 6.07) is 1.84. The predicted octanol–water partition coefficient (Wildman–Crippen LogP) is 2.24. The Labute approximate surface area is 107 Å². The molecule has 2 N–H and O–H groups in total. The van der Waals surface area contributed by atoms with E-state index in [4.69, 9.17) is 0 Å². The van der Waals surface area contributed by atoms with Crippen LogP contribution in [0.15, 0.2) is 11.4 Å². The summed E-state index contributed by atoms with van der Waals surface area (Å²) in [4.78, 5) is 11.8. The lowest BCUT2D eigenvalue weighted by Crippen LogP contribution is -2.48. The number of rotatable bonds is 4. The van der Waals surface area contributed by atoms with E-state index in [9.17, 15) is 9.90 Å². The number of hydrogen-bond donors (Lipinski definition) is 2. The van der Waals surface area contributed by atoms with Crippen molar-refractivity contribution < 1.29 is 9.90 Å². The number of thiophene rings is 1. The molecule has 15 heavy (non-hydrogen) atoms. The molecule has 0 aromatic carbocycles. The van der Waals surface area contributed by atoms with E-state index in [1.807, 2.05) is 25.3 Å². The Balaban J connectivity index is 2.71. The molecule has 1 atom stereocenters. The number of halogens is 1. The van der Waals surface area contributed by atoms with Crippen LogP contribution in [-0.4, -0.2) is 23.2 Å². The minimum absolute atomic E-state index is 0.0452. The quantitative estimate of drug-likeness (QED) is 0.827. The molecule has 0 aliphatic heterocycles. The minimum Gasteiger partial charge on any atom is -0.394 e. The average molecular weight is 339 g/mol. The number of carbonyl (C=O) groups excluding carboxylic acids is 1. The summed E-state index contributed by atoms with van der Waals surface area (Å²) < 4.78 is 1.08. The Morgan fingerprint density at radius 3 is 2.80 bits per heavy atom. The number of carbonyl (C=O) groups is 1.